The van der Waals surface area contributed by atoms with E-state index in [4.69, 9.17) is 4.74 Å². The summed E-state index contributed by atoms with van der Waals surface area (Å²) in [4.78, 5) is 0. The molecule has 0 aliphatic heterocycles. The van der Waals surface area contributed by atoms with Crippen molar-refractivity contribution in [2.75, 3.05) is 13.7 Å². The third-order valence-electron chi connectivity index (χ3n) is 3.31. The molecular weight excluding hydrogens is 393 g/mol. The largest absolute Gasteiger partial charge is 0.372 e. The average molecular weight is 408 g/mol. The number of rotatable bonds is 6. The van der Waals surface area contributed by atoms with Gasteiger partial charge in [-0.25, -0.2) is 17.5 Å². The van der Waals surface area contributed by atoms with Gasteiger partial charge >= 0.3 is 0 Å². The molecule has 0 saturated carbocycles. The van der Waals surface area contributed by atoms with Crippen molar-refractivity contribution in [3.05, 3.63) is 51.6 Å². The highest BCUT2D eigenvalue weighted by atomic mass is 79.9. The van der Waals surface area contributed by atoms with E-state index in [1.165, 1.54) is 19.2 Å². The first-order valence-electron chi connectivity index (χ1n) is 6.34. The molecule has 0 aliphatic carbocycles. The number of ether oxygens (including phenoxy) is 1. The molecule has 0 unspecified atom stereocenters. The van der Waals surface area contributed by atoms with Gasteiger partial charge in [-0.1, -0.05) is 18.2 Å². The number of thiophene rings is 1. The SMILES string of the molecule is CO[C@@](C)(CNS(=O)(=O)c1ccc(Br)s1)c1ccccc1F. The van der Waals surface area contributed by atoms with Gasteiger partial charge in [0, 0.05) is 19.2 Å². The summed E-state index contributed by atoms with van der Waals surface area (Å²) in [6.45, 7) is 1.56. The fraction of sp³-hybridized carbons (Fsp3) is 0.286. The molecule has 2 aromatic rings. The molecule has 1 aromatic carbocycles. The van der Waals surface area contributed by atoms with Crippen molar-refractivity contribution in [2.24, 2.45) is 0 Å². The van der Waals surface area contributed by atoms with Gasteiger partial charge in [-0.15, -0.1) is 11.3 Å². The first kappa shape index (κ1) is 17.6. The number of hydrogen-bond donors (Lipinski definition) is 1. The van der Waals surface area contributed by atoms with Gasteiger partial charge in [0.2, 0.25) is 10.0 Å². The minimum absolute atomic E-state index is 0.0811. The maximum atomic E-state index is 14.0. The van der Waals surface area contributed by atoms with Gasteiger partial charge in [-0.3, -0.25) is 0 Å². The second kappa shape index (κ2) is 6.76. The van der Waals surface area contributed by atoms with Crippen molar-refractivity contribution < 1.29 is 17.5 Å². The molecule has 0 aliphatic rings. The Balaban J connectivity index is 2.23. The fourth-order valence-electron chi connectivity index (χ4n) is 1.91. The van der Waals surface area contributed by atoms with E-state index in [0.29, 0.717) is 5.56 Å². The predicted octanol–water partition coefficient (Wildman–Crippen LogP) is 3.49. The highest BCUT2D eigenvalue weighted by Gasteiger charge is 2.31. The van der Waals surface area contributed by atoms with Crippen molar-refractivity contribution in [3.8, 4) is 0 Å². The van der Waals surface area contributed by atoms with Gasteiger partial charge in [0.25, 0.3) is 0 Å². The van der Waals surface area contributed by atoms with Gasteiger partial charge < -0.3 is 4.74 Å². The summed E-state index contributed by atoms with van der Waals surface area (Å²) in [6.07, 6.45) is 0. The molecule has 2 rings (SSSR count). The van der Waals surface area contributed by atoms with Crippen LogP contribution in [0.15, 0.2) is 44.4 Å². The van der Waals surface area contributed by atoms with Crippen LogP contribution >= 0.6 is 27.3 Å². The number of methoxy groups -OCH3 is 1. The number of sulfonamides is 1. The lowest BCUT2D eigenvalue weighted by molar-refractivity contribution is 0.00411. The van der Waals surface area contributed by atoms with Crippen molar-refractivity contribution in [1.82, 2.24) is 4.72 Å². The van der Waals surface area contributed by atoms with E-state index >= 15 is 0 Å². The molecule has 120 valence electrons. The van der Waals surface area contributed by atoms with Gasteiger partial charge in [0.05, 0.1) is 3.79 Å². The van der Waals surface area contributed by atoms with Crippen LogP contribution in [0.2, 0.25) is 0 Å². The van der Waals surface area contributed by atoms with E-state index in [9.17, 15) is 12.8 Å². The van der Waals surface area contributed by atoms with E-state index in [0.717, 1.165) is 15.1 Å². The Hall–Kier alpha value is -0.800. The van der Waals surface area contributed by atoms with Crippen LogP contribution in [0.5, 0.6) is 0 Å². The normalized spacial score (nSPS) is 14.7. The maximum absolute atomic E-state index is 14.0. The van der Waals surface area contributed by atoms with Crippen molar-refractivity contribution >= 4 is 37.3 Å². The number of halogens is 2. The first-order chi connectivity index (χ1) is 10.3. The molecule has 0 radical (unpaired) electrons. The van der Waals surface area contributed by atoms with Crippen LogP contribution in [0.3, 0.4) is 0 Å². The quantitative estimate of drug-likeness (QED) is 0.796. The maximum Gasteiger partial charge on any atom is 0.250 e. The number of nitrogens with one attached hydrogen (secondary N) is 1. The van der Waals surface area contributed by atoms with Crippen molar-refractivity contribution in [3.63, 3.8) is 0 Å². The molecule has 0 saturated heterocycles. The molecule has 4 nitrogen and oxygen atoms in total. The summed E-state index contributed by atoms with van der Waals surface area (Å²) >= 11 is 4.33. The standard InChI is InChI=1S/C14H15BrFNO3S2/c1-14(20-2,10-5-3-4-6-11(10)16)9-17-22(18,19)13-8-7-12(15)21-13/h3-8,17H,9H2,1-2H3/t14-/m0/s1. The summed E-state index contributed by atoms with van der Waals surface area (Å²) in [5.41, 5.74) is -0.806. The molecule has 1 heterocycles. The van der Waals surface area contributed by atoms with Crippen LogP contribution in [0.25, 0.3) is 0 Å². The molecular formula is C14H15BrFNO3S2. The smallest absolute Gasteiger partial charge is 0.250 e. The van der Waals surface area contributed by atoms with Gasteiger partial charge in [-0.2, -0.15) is 0 Å². The number of hydrogen-bond acceptors (Lipinski definition) is 4. The average Bonchev–Trinajstić information content (AvgIpc) is 2.93. The second-order valence-electron chi connectivity index (χ2n) is 4.80. The van der Waals surface area contributed by atoms with E-state index in [1.807, 2.05) is 0 Å². The summed E-state index contributed by atoms with van der Waals surface area (Å²) in [7, 11) is -2.25. The minimum Gasteiger partial charge on any atom is -0.372 e. The van der Waals surface area contributed by atoms with Crippen molar-refractivity contribution in [1.29, 1.82) is 0 Å². The van der Waals surface area contributed by atoms with E-state index in [-0.39, 0.29) is 10.8 Å². The predicted molar refractivity (Wildman–Crippen MR) is 88.0 cm³/mol. The molecule has 0 amide bonds. The van der Waals surface area contributed by atoms with Gasteiger partial charge in [-0.05, 0) is 41.1 Å². The summed E-state index contributed by atoms with van der Waals surface area (Å²) < 4.78 is 47.2. The third-order valence-corrected chi connectivity index (χ3v) is 6.82. The summed E-state index contributed by atoms with van der Waals surface area (Å²) in [5.74, 6) is -0.440. The lowest BCUT2D eigenvalue weighted by Crippen LogP contribution is -2.40. The lowest BCUT2D eigenvalue weighted by Gasteiger charge is -2.29. The van der Waals surface area contributed by atoms with Crippen LogP contribution in [0, 0.1) is 5.82 Å². The Morgan fingerprint density at radius 1 is 1.32 bits per heavy atom. The Kier molecular flexibility index (Phi) is 5.39. The highest BCUT2D eigenvalue weighted by molar-refractivity contribution is 9.11. The Bertz CT molecular complexity index is 763. The second-order valence-corrected chi connectivity index (χ2v) is 9.25. The monoisotopic (exact) mass is 407 g/mol. The van der Waals surface area contributed by atoms with Gasteiger partial charge in [0.1, 0.15) is 15.6 Å². The highest BCUT2D eigenvalue weighted by Crippen LogP contribution is 2.29. The summed E-state index contributed by atoms with van der Waals surface area (Å²) in [6, 6.07) is 9.31. The van der Waals surface area contributed by atoms with Crippen LogP contribution < -0.4 is 4.72 Å². The molecule has 0 bridgehead atoms. The molecule has 1 N–H and O–H groups in total. The lowest BCUT2D eigenvalue weighted by atomic mass is 9.95. The van der Waals surface area contributed by atoms with Crippen molar-refractivity contribution in [2.45, 2.75) is 16.7 Å². The molecule has 1 atom stereocenters. The van der Waals surface area contributed by atoms with E-state index < -0.39 is 21.4 Å². The van der Waals surface area contributed by atoms with Gasteiger partial charge in [0.15, 0.2) is 0 Å². The third kappa shape index (κ3) is 3.75. The Morgan fingerprint density at radius 3 is 2.55 bits per heavy atom. The van der Waals surface area contributed by atoms with Crippen LogP contribution in [0.1, 0.15) is 12.5 Å². The minimum atomic E-state index is -3.67. The fourth-order valence-corrected chi connectivity index (χ4v) is 5.09. The first-order valence-corrected chi connectivity index (χ1v) is 9.43. The van der Waals surface area contributed by atoms with E-state index in [1.54, 1.807) is 31.2 Å². The molecule has 0 fully saturated rings. The van der Waals surface area contributed by atoms with E-state index in [2.05, 4.69) is 20.7 Å². The zero-order valence-electron chi connectivity index (χ0n) is 12.0. The Labute approximate surface area is 141 Å². The Morgan fingerprint density at radius 2 is 2.00 bits per heavy atom. The topological polar surface area (TPSA) is 55.4 Å². The number of benzene rings is 1. The molecule has 22 heavy (non-hydrogen) atoms. The van der Waals surface area contributed by atoms with Crippen LogP contribution in [-0.4, -0.2) is 22.1 Å². The molecule has 1 aromatic heterocycles. The zero-order valence-corrected chi connectivity index (χ0v) is 15.2. The molecule has 8 heteroatoms. The van der Waals surface area contributed by atoms with Crippen LogP contribution in [0.4, 0.5) is 4.39 Å². The molecule has 0 spiro atoms. The zero-order chi connectivity index (χ0) is 16.4. The van der Waals surface area contributed by atoms with Crippen LogP contribution in [-0.2, 0) is 20.4 Å². The summed E-state index contributed by atoms with van der Waals surface area (Å²) in [5, 5.41) is 0.